The van der Waals surface area contributed by atoms with E-state index in [0.717, 1.165) is 45.0 Å². The summed E-state index contributed by atoms with van der Waals surface area (Å²) in [7, 11) is 0. The number of phenolic OH excluding ortho intramolecular Hbond substituents is 1. The molecule has 0 aromatic heterocycles. The lowest BCUT2D eigenvalue weighted by Crippen LogP contribution is -2.50. The summed E-state index contributed by atoms with van der Waals surface area (Å²) in [5.41, 5.74) is 3.56. The van der Waals surface area contributed by atoms with Crippen LogP contribution in [-0.4, -0.2) is 68.3 Å². The topological polar surface area (TPSA) is 59.1 Å². The van der Waals surface area contributed by atoms with Crippen LogP contribution in [0.15, 0.2) is 48.5 Å². The van der Waals surface area contributed by atoms with E-state index in [9.17, 15) is 9.90 Å². The number of nitrogens with one attached hydrogen (secondary N) is 1. The fourth-order valence-corrected chi connectivity index (χ4v) is 3.71. The fourth-order valence-electron chi connectivity index (χ4n) is 3.71. The van der Waals surface area contributed by atoms with Gasteiger partial charge >= 0.3 is 0 Å². The third kappa shape index (κ3) is 6.12. The third-order valence-corrected chi connectivity index (χ3v) is 5.41. The van der Waals surface area contributed by atoms with Crippen LogP contribution in [0.25, 0.3) is 0 Å². The van der Waals surface area contributed by atoms with Gasteiger partial charge in [0.15, 0.2) is 0 Å². The molecule has 0 saturated carbocycles. The van der Waals surface area contributed by atoms with Crippen molar-refractivity contribution in [2.45, 2.75) is 13.8 Å². The van der Waals surface area contributed by atoms with E-state index in [1.807, 2.05) is 12.1 Å². The minimum absolute atomic E-state index is 0.0865. The van der Waals surface area contributed by atoms with Crippen molar-refractivity contribution < 1.29 is 9.90 Å². The van der Waals surface area contributed by atoms with Gasteiger partial charge in [0.05, 0.1) is 6.54 Å². The summed E-state index contributed by atoms with van der Waals surface area (Å²) < 4.78 is 0. The molecular formula is C23H32N4O2. The number of anilines is 2. The predicted octanol–water partition coefficient (Wildman–Crippen LogP) is 2.47. The molecule has 2 aromatic rings. The summed E-state index contributed by atoms with van der Waals surface area (Å²) in [6.07, 6.45) is 0. The number of benzene rings is 2. The molecule has 1 saturated heterocycles. The van der Waals surface area contributed by atoms with Crippen molar-refractivity contribution >= 4 is 17.3 Å². The summed E-state index contributed by atoms with van der Waals surface area (Å²) in [5, 5.41) is 12.5. The molecule has 6 nitrogen and oxygen atoms in total. The number of amides is 1. The zero-order chi connectivity index (χ0) is 20.6. The number of hydrogen-bond donors (Lipinski definition) is 2. The van der Waals surface area contributed by atoms with Gasteiger partial charge in [-0.2, -0.15) is 0 Å². The Labute approximate surface area is 173 Å². The monoisotopic (exact) mass is 396 g/mol. The molecule has 2 N–H and O–H groups in total. The molecule has 156 valence electrons. The highest BCUT2D eigenvalue weighted by Gasteiger charge is 2.19. The number of nitrogens with zero attached hydrogens (tertiary/aromatic N) is 3. The molecule has 0 aliphatic carbocycles. The first-order valence-electron chi connectivity index (χ1n) is 10.4. The second-order valence-corrected chi connectivity index (χ2v) is 7.55. The van der Waals surface area contributed by atoms with Crippen LogP contribution in [0.4, 0.5) is 11.4 Å². The van der Waals surface area contributed by atoms with Gasteiger partial charge < -0.3 is 20.2 Å². The van der Waals surface area contributed by atoms with Crippen LogP contribution in [-0.2, 0) is 4.79 Å². The summed E-state index contributed by atoms with van der Waals surface area (Å²) in [4.78, 5) is 19.1. The van der Waals surface area contributed by atoms with Gasteiger partial charge in [-0.25, -0.2) is 0 Å². The van der Waals surface area contributed by atoms with Crippen LogP contribution in [0.2, 0.25) is 0 Å². The highest BCUT2D eigenvalue weighted by Crippen LogP contribution is 2.19. The molecule has 0 radical (unpaired) electrons. The first-order valence-corrected chi connectivity index (χ1v) is 10.4. The first-order chi connectivity index (χ1) is 14.0. The van der Waals surface area contributed by atoms with Crippen molar-refractivity contribution in [2.75, 3.05) is 62.2 Å². The van der Waals surface area contributed by atoms with E-state index < -0.39 is 0 Å². The highest BCUT2D eigenvalue weighted by atomic mass is 16.3. The van der Waals surface area contributed by atoms with Gasteiger partial charge in [-0.15, -0.1) is 0 Å². The molecule has 1 amide bonds. The molecule has 29 heavy (non-hydrogen) atoms. The SMILES string of the molecule is CCN(CCNC(=O)CN1CCN(c2ccc(O)cc2)CC1)c1cccc(C)c1. The number of aromatic hydroxyl groups is 1. The molecule has 0 spiro atoms. The number of likely N-dealkylation sites (N-methyl/N-ethyl adjacent to an activating group) is 1. The Kier molecular flexibility index (Phi) is 7.36. The Hall–Kier alpha value is -2.73. The van der Waals surface area contributed by atoms with E-state index in [4.69, 9.17) is 0 Å². The molecule has 3 rings (SSSR count). The Morgan fingerprint density at radius 2 is 1.83 bits per heavy atom. The lowest BCUT2D eigenvalue weighted by molar-refractivity contribution is -0.122. The van der Waals surface area contributed by atoms with Crippen LogP contribution >= 0.6 is 0 Å². The summed E-state index contributed by atoms with van der Waals surface area (Å²) in [6.45, 7) is 10.5. The van der Waals surface area contributed by atoms with Crippen LogP contribution in [0.3, 0.4) is 0 Å². The van der Waals surface area contributed by atoms with Gasteiger partial charge in [0.1, 0.15) is 5.75 Å². The van der Waals surface area contributed by atoms with Crippen molar-refractivity contribution in [1.29, 1.82) is 0 Å². The predicted molar refractivity (Wildman–Crippen MR) is 119 cm³/mol. The average molecular weight is 397 g/mol. The second kappa shape index (κ2) is 10.2. The zero-order valence-electron chi connectivity index (χ0n) is 17.5. The minimum atomic E-state index is 0.0865. The smallest absolute Gasteiger partial charge is 0.234 e. The molecular weight excluding hydrogens is 364 g/mol. The molecule has 1 aliphatic rings. The van der Waals surface area contributed by atoms with Crippen LogP contribution in [0.1, 0.15) is 12.5 Å². The number of rotatable bonds is 8. The molecule has 1 heterocycles. The van der Waals surface area contributed by atoms with E-state index in [1.165, 1.54) is 11.3 Å². The van der Waals surface area contributed by atoms with Gasteiger partial charge in [-0.1, -0.05) is 12.1 Å². The van der Waals surface area contributed by atoms with Gasteiger partial charge in [0.25, 0.3) is 0 Å². The standard InChI is InChI=1S/C23H32N4O2/c1-3-26(21-6-4-5-19(2)17-21)12-11-24-23(29)18-25-13-15-27(16-14-25)20-7-9-22(28)10-8-20/h4-10,17,28H,3,11-16,18H2,1-2H3,(H,24,29). The maximum absolute atomic E-state index is 12.3. The normalized spacial score (nSPS) is 14.6. The van der Waals surface area contributed by atoms with Crippen molar-refractivity contribution in [3.05, 3.63) is 54.1 Å². The molecule has 0 unspecified atom stereocenters. The van der Waals surface area contributed by atoms with Crippen molar-refractivity contribution in [3.63, 3.8) is 0 Å². The molecule has 0 bridgehead atoms. The number of phenols is 1. The van der Waals surface area contributed by atoms with Crippen molar-refractivity contribution in [2.24, 2.45) is 0 Å². The van der Waals surface area contributed by atoms with E-state index in [2.05, 4.69) is 58.1 Å². The molecule has 1 fully saturated rings. The van der Waals surface area contributed by atoms with Crippen molar-refractivity contribution in [3.8, 4) is 5.75 Å². The van der Waals surface area contributed by atoms with E-state index in [1.54, 1.807) is 12.1 Å². The summed E-state index contributed by atoms with van der Waals surface area (Å²) in [6, 6.07) is 15.8. The Morgan fingerprint density at radius 1 is 1.10 bits per heavy atom. The highest BCUT2D eigenvalue weighted by molar-refractivity contribution is 5.78. The molecule has 2 aromatic carbocycles. The van der Waals surface area contributed by atoms with Crippen LogP contribution in [0.5, 0.6) is 5.75 Å². The fraction of sp³-hybridized carbons (Fsp3) is 0.435. The van der Waals surface area contributed by atoms with Crippen LogP contribution < -0.4 is 15.1 Å². The lowest BCUT2D eigenvalue weighted by Gasteiger charge is -2.35. The Bertz CT molecular complexity index is 786. The third-order valence-electron chi connectivity index (χ3n) is 5.41. The number of piperazine rings is 1. The van der Waals surface area contributed by atoms with Crippen LogP contribution in [0, 0.1) is 6.92 Å². The van der Waals surface area contributed by atoms with E-state index in [-0.39, 0.29) is 11.7 Å². The van der Waals surface area contributed by atoms with E-state index >= 15 is 0 Å². The van der Waals surface area contributed by atoms with Gasteiger partial charge in [0.2, 0.25) is 5.91 Å². The quantitative estimate of drug-likeness (QED) is 0.718. The summed E-state index contributed by atoms with van der Waals surface area (Å²) in [5.74, 6) is 0.372. The lowest BCUT2D eigenvalue weighted by atomic mass is 10.2. The number of carbonyl (C=O) groups is 1. The molecule has 1 aliphatic heterocycles. The molecule has 0 atom stereocenters. The maximum atomic E-state index is 12.3. The maximum Gasteiger partial charge on any atom is 0.234 e. The number of hydrogen-bond acceptors (Lipinski definition) is 5. The first kappa shape index (κ1) is 21.0. The van der Waals surface area contributed by atoms with Gasteiger partial charge in [0, 0.05) is 57.2 Å². The Morgan fingerprint density at radius 3 is 2.48 bits per heavy atom. The van der Waals surface area contributed by atoms with Gasteiger partial charge in [-0.3, -0.25) is 9.69 Å². The number of aryl methyl sites for hydroxylation is 1. The summed E-state index contributed by atoms with van der Waals surface area (Å²) >= 11 is 0. The van der Waals surface area contributed by atoms with Crippen molar-refractivity contribution in [1.82, 2.24) is 10.2 Å². The number of carbonyl (C=O) groups excluding carboxylic acids is 1. The minimum Gasteiger partial charge on any atom is -0.508 e. The Balaban J connectivity index is 1.38. The van der Waals surface area contributed by atoms with E-state index in [0.29, 0.717) is 13.1 Å². The van der Waals surface area contributed by atoms with Gasteiger partial charge in [-0.05, 0) is 55.8 Å². The largest absolute Gasteiger partial charge is 0.508 e. The molecule has 6 heteroatoms. The zero-order valence-corrected chi connectivity index (χ0v) is 17.5. The second-order valence-electron chi connectivity index (χ2n) is 7.55. The average Bonchev–Trinajstić information content (AvgIpc) is 2.72.